The molecule has 0 heterocycles. The van der Waals surface area contributed by atoms with Crippen LogP contribution in [0.2, 0.25) is 0 Å². The molecule has 0 aromatic heterocycles. The second kappa shape index (κ2) is 15.7. The van der Waals surface area contributed by atoms with Crippen LogP contribution in [0.5, 0.6) is 0 Å². The average molecular weight is 572 g/mol. The van der Waals surface area contributed by atoms with Crippen molar-refractivity contribution >= 4 is 25.8 Å². The Morgan fingerprint density at radius 3 is 1.25 bits per heavy atom. The summed E-state index contributed by atoms with van der Waals surface area (Å²) in [5.41, 5.74) is 0. The molecule has 0 saturated carbocycles. The molecule has 0 aliphatic rings. The second-order valence-corrected chi connectivity index (χ2v) is 0. The van der Waals surface area contributed by atoms with Crippen LogP contribution in [0.4, 0.5) is 0 Å². The van der Waals surface area contributed by atoms with Gasteiger partial charge in [-0.1, -0.05) is 0 Å². The molecule has 13 valence electrons. The summed E-state index contributed by atoms with van der Waals surface area (Å²) in [5, 5.41) is 0. The van der Waals surface area contributed by atoms with Crippen LogP contribution in [0.3, 0.4) is 0 Å². The summed E-state index contributed by atoms with van der Waals surface area (Å²) in [4.78, 5) is 0. The van der Waals surface area contributed by atoms with Crippen molar-refractivity contribution in [2.24, 2.45) is 0 Å². The number of rotatable bonds is 0. The fourth-order valence-electron chi connectivity index (χ4n) is 0. The Morgan fingerprint density at radius 1 is 1.25 bits per heavy atom. The molecule has 0 atom stereocenters. The maximum Gasteiger partial charge on any atom is 1.00 e. The Bertz CT molecular complexity index is 11.6. The van der Waals surface area contributed by atoms with E-state index in [2.05, 4.69) is 0 Å². The van der Waals surface area contributed by atoms with Crippen LogP contribution >= 0.6 is 0 Å². The third-order valence-corrected chi connectivity index (χ3v) is 0. The third kappa shape index (κ3) is 10.2. The first-order valence-corrected chi connectivity index (χ1v) is 0. The van der Waals surface area contributed by atoms with E-state index in [4.69, 9.17) is 0 Å². The summed E-state index contributed by atoms with van der Waals surface area (Å²) in [5.74, 6) is 0. The van der Waals surface area contributed by atoms with Gasteiger partial charge >= 0.3 is 68.9 Å². The molecule has 4 heteroatoms. The minimum absolute atomic E-state index is 0. The molecule has 0 aliphatic carbocycles. The Kier molecular flexibility index (Phi) is 90.0. The van der Waals surface area contributed by atoms with Gasteiger partial charge in [-0.25, -0.2) is 0 Å². The van der Waals surface area contributed by atoms with Gasteiger partial charge in [-0.05, 0) is 0 Å². The summed E-state index contributed by atoms with van der Waals surface area (Å²) in [6, 6.07) is 0. The Morgan fingerprint density at radius 2 is 1.25 bits per heavy atom. The summed E-state index contributed by atoms with van der Waals surface area (Å²) >= 11 is 0. The largest absolute Gasteiger partial charge is 1.00 e. The molecule has 4 heavy (non-hydrogen) atoms. The first-order chi connectivity index (χ1) is 0. The topological polar surface area (TPSA) is 0 Å². The van der Waals surface area contributed by atoms with Crippen LogP contribution in [0, 0.1) is 39.9 Å². The van der Waals surface area contributed by atoms with Gasteiger partial charge in [0.2, 0.25) is 0 Å². The molecule has 0 fully saturated rings. The van der Waals surface area contributed by atoms with Crippen molar-refractivity contribution in [3.05, 3.63) is 0 Å². The minimum atomic E-state index is 0. The molecule has 0 spiro atoms. The molecule has 0 aromatic carbocycles. The van der Waals surface area contributed by atoms with E-state index >= 15 is 0 Å². The zero-order valence-electron chi connectivity index (χ0n) is 3.58. The van der Waals surface area contributed by atoms with Crippen molar-refractivity contribution < 1.29 is 136 Å². The smallest absolute Gasteiger partial charge is 1.00 e. The zero-order valence-corrected chi connectivity index (χ0v) is 18.7. The molecule has 0 aromatic rings. The van der Waals surface area contributed by atoms with Crippen LogP contribution in [0.15, 0.2) is 0 Å². The van der Waals surface area contributed by atoms with Gasteiger partial charge in [-0.2, -0.15) is 0 Å². The number of hydrogen-bond acceptors (Lipinski definition) is 0. The van der Waals surface area contributed by atoms with E-state index in [1.54, 1.807) is 0 Å². The molecule has 0 rings (SSSR count). The fraction of sp³-hybridized carbons (Fsp3) is 0. The van der Waals surface area contributed by atoms with Crippen molar-refractivity contribution in [1.29, 1.82) is 0 Å². The Balaban J connectivity index is 0. The monoisotopic (exact) mass is 571 g/mol. The molecule has 0 N–H and O–H groups in total. The predicted octanol–water partition coefficient (Wildman–Crippen LogP) is -3.27. The second-order valence-electron chi connectivity index (χ2n) is 0. The normalized spacial score (nSPS) is 0. The summed E-state index contributed by atoms with van der Waals surface area (Å²) < 4.78 is 0. The van der Waals surface area contributed by atoms with Crippen LogP contribution in [0.1, 0.15) is 1.43 Å². The fourth-order valence-corrected chi connectivity index (χ4v) is 0. The molecule has 0 amide bonds. The van der Waals surface area contributed by atoms with Gasteiger partial charge in [-0.15, -0.1) is 0 Å². The van der Waals surface area contributed by atoms with Crippen molar-refractivity contribution in [2.45, 2.75) is 0 Å². The van der Waals surface area contributed by atoms with E-state index < -0.39 is 0 Å². The average Bonchev–Trinajstić information content (AvgIpc) is 0. The molecule has 0 nitrogen and oxygen atoms in total. The predicted molar refractivity (Wildman–Crippen MR) is 6.87 cm³/mol. The van der Waals surface area contributed by atoms with Crippen LogP contribution < -0.4 is 68.9 Å². The van der Waals surface area contributed by atoms with Crippen molar-refractivity contribution in [3.8, 4) is 0 Å². The third-order valence-electron chi connectivity index (χ3n) is 0. The Hall–Kier alpha value is 5.13. The summed E-state index contributed by atoms with van der Waals surface area (Å²) in [7, 11) is 0. The van der Waals surface area contributed by atoms with Crippen LogP contribution in [-0.4, -0.2) is 25.8 Å². The molecule has 0 saturated heterocycles. The van der Waals surface area contributed by atoms with Gasteiger partial charge < -0.3 is 1.43 Å². The van der Waals surface area contributed by atoms with Crippen LogP contribution in [0.25, 0.3) is 0 Å². The van der Waals surface area contributed by atoms with E-state index in [1.165, 1.54) is 0 Å². The summed E-state index contributed by atoms with van der Waals surface area (Å²) in [6.45, 7) is 0. The van der Waals surface area contributed by atoms with Gasteiger partial charge in [-0.3, -0.25) is 0 Å². The number of hydrogen-bond donors (Lipinski definition) is 0. The van der Waals surface area contributed by atoms with E-state index in [0.717, 1.165) is 0 Å². The zero-order chi connectivity index (χ0) is 0. The molecule has 3 radical (unpaired) electrons. The van der Waals surface area contributed by atoms with Gasteiger partial charge in [0, 0.05) is 92.0 Å². The standard InChI is InChI=1S/Cs.In.Th.Zr.H/q+1;;;;-1. The SMILES string of the molecule is [Cs+].[H-].[In].[Th].[Zr]. The minimum Gasteiger partial charge on any atom is -1.00 e. The van der Waals surface area contributed by atoms with Gasteiger partial charge in [0.05, 0.1) is 0 Å². The van der Waals surface area contributed by atoms with Crippen LogP contribution in [-0.2, 0) is 26.2 Å². The first-order valence-electron chi connectivity index (χ1n) is 0. The maximum absolute atomic E-state index is 0. The van der Waals surface area contributed by atoms with Crippen molar-refractivity contribution in [3.63, 3.8) is 0 Å². The molecule has 0 unspecified atom stereocenters. The molecule has 0 bridgehead atoms. The van der Waals surface area contributed by atoms with Gasteiger partial charge in [0.25, 0.3) is 0 Å². The van der Waals surface area contributed by atoms with E-state index in [1.807, 2.05) is 0 Å². The molecule has 0 aliphatic heterocycles. The summed E-state index contributed by atoms with van der Waals surface area (Å²) in [6.07, 6.45) is 0. The quantitative estimate of drug-likeness (QED) is 0.287. The Labute approximate surface area is 156 Å². The van der Waals surface area contributed by atoms with Crippen molar-refractivity contribution in [1.82, 2.24) is 0 Å². The molecular formula is HCsInThZr. The van der Waals surface area contributed by atoms with Crippen molar-refractivity contribution in [2.75, 3.05) is 0 Å². The van der Waals surface area contributed by atoms with E-state index in [9.17, 15) is 0 Å². The molecular weight excluding hydrogens is 571 g/mol. The maximum atomic E-state index is 0. The van der Waals surface area contributed by atoms with E-state index in [0.29, 0.717) is 0 Å². The first kappa shape index (κ1) is 22.9. The van der Waals surface area contributed by atoms with Gasteiger partial charge in [0.1, 0.15) is 0 Å². The van der Waals surface area contributed by atoms with Gasteiger partial charge in [0.15, 0.2) is 0 Å². The van der Waals surface area contributed by atoms with E-state index in [-0.39, 0.29) is 162 Å².